The molecule has 0 radical (unpaired) electrons. The van der Waals surface area contributed by atoms with Gasteiger partial charge in [0.25, 0.3) is 0 Å². The molecule has 0 saturated carbocycles. The van der Waals surface area contributed by atoms with Crippen LogP contribution in [-0.4, -0.2) is 5.91 Å². The van der Waals surface area contributed by atoms with Gasteiger partial charge in [-0.2, -0.15) is 0 Å². The van der Waals surface area contributed by atoms with Crippen LogP contribution in [0.4, 0.5) is 11.4 Å². The molecule has 1 aliphatic rings. The van der Waals surface area contributed by atoms with E-state index in [1.54, 1.807) is 11.8 Å². The van der Waals surface area contributed by atoms with E-state index in [0.29, 0.717) is 0 Å². The molecule has 2 nitrogen and oxygen atoms in total. The van der Waals surface area contributed by atoms with Crippen molar-refractivity contribution in [1.82, 2.24) is 0 Å². The topological polar surface area (TPSA) is 20.3 Å². The van der Waals surface area contributed by atoms with E-state index >= 15 is 0 Å². The molecule has 1 amide bonds. The zero-order valence-corrected chi connectivity index (χ0v) is 12.4. The predicted octanol–water partition coefficient (Wildman–Crippen LogP) is 4.94. The summed E-state index contributed by atoms with van der Waals surface area (Å²) in [5.41, 5.74) is 3.35. The monoisotopic (exact) mass is 305 g/mol. The Morgan fingerprint density at radius 1 is 0.900 bits per heavy atom. The molecule has 0 spiro atoms. The number of hydrogen-bond acceptors (Lipinski definition) is 1. The van der Waals surface area contributed by atoms with Crippen LogP contribution in [0, 0.1) is 0 Å². The maximum atomic E-state index is 12.1. The molecule has 1 aliphatic heterocycles. The van der Waals surface area contributed by atoms with Gasteiger partial charge in [-0.3, -0.25) is 9.69 Å². The number of para-hydroxylation sites is 2. The lowest BCUT2D eigenvalue weighted by Gasteiger charge is -2.23. The third kappa shape index (κ3) is 2.00. The van der Waals surface area contributed by atoms with Crippen molar-refractivity contribution < 1.29 is 4.79 Å². The highest BCUT2D eigenvalue weighted by molar-refractivity contribution is 6.31. The molecule has 0 fully saturated rings. The molecule has 4 heteroatoms. The first-order valence-electron chi connectivity index (χ1n) is 6.38. The Hall–Kier alpha value is -1.51. The molecule has 0 bridgehead atoms. The van der Waals surface area contributed by atoms with Gasteiger partial charge in [-0.25, -0.2) is 0 Å². The van der Waals surface area contributed by atoms with Crippen LogP contribution in [0.2, 0.25) is 0 Å². The zero-order chi connectivity index (χ0) is 14.3. The van der Waals surface area contributed by atoms with Gasteiger partial charge >= 0.3 is 0 Å². The number of benzene rings is 2. The molecule has 102 valence electrons. The molecular weight excluding hydrogens is 293 g/mol. The molecule has 0 aromatic heterocycles. The van der Waals surface area contributed by atoms with Crippen LogP contribution in [0.25, 0.3) is 0 Å². The van der Waals surface area contributed by atoms with Crippen molar-refractivity contribution in [2.75, 3.05) is 4.90 Å². The highest BCUT2D eigenvalue weighted by atomic mass is 35.5. The molecular formula is C16H13Cl2NO. The largest absolute Gasteiger partial charge is 0.281 e. The first-order chi connectivity index (χ1) is 9.61. The van der Waals surface area contributed by atoms with E-state index in [1.807, 2.05) is 48.5 Å². The van der Waals surface area contributed by atoms with Gasteiger partial charge in [0.2, 0.25) is 5.91 Å². The van der Waals surface area contributed by atoms with Crippen LogP contribution in [0.5, 0.6) is 0 Å². The smallest absolute Gasteiger partial charge is 0.228 e. The number of nitrogens with zero attached hydrogens (tertiary/aromatic N) is 1. The minimum absolute atomic E-state index is 0.0560. The summed E-state index contributed by atoms with van der Waals surface area (Å²) in [4.78, 5) is 13.8. The average Bonchev–Trinajstić information content (AvgIpc) is 2.55. The number of anilines is 2. The fourth-order valence-corrected chi connectivity index (χ4v) is 3.27. The summed E-state index contributed by atoms with van der Waals surface area (Å²) in [5, 5.41) is -0.753. The van der Waals surface area contributed by atoms with Crippen molar-refractivity contribution in [3.63, 3.8) is 0 Å². The van der Waals surface area contributed by atoms with Crippen molar-refractivity contribution in [2.24, 2.45) is 0 Å². The minimum Gasteiger partial charge on any atom is -0.281 e. The number of alkyl halides is 2. The Balaban J connectivity index is 2.33. The third-order valence-electron chi connectivity index (χ3n) is 3.52. The van der Waals surface area contributed by atoms with Crippen LogP contribution >= 0.6 is 23.2 Å². The Bertz CT molecular complexity index is 620. The summed E-state index contributed by atoms with van der Waals surface area (Å²) >= 11 is 13.1. The van der Waals surface area contributed by atoms with Gasteiger partial charge in [0.15, 0.2) is 0 Å². The highest BCUT2D eigenvalue weighted by Crippen LogP contribution is 2.50. The summed E-state index contributed by atoms with van der Waals surface area (Å²) in [6, 6.07) is 15.3. The van der Waals surface area contributed by atoms with Gasteiger partial charge in [0.05, 0.1) is 22.1 Å². The van der Waals surface area contributed by atoms with E-state index in [4.69, 9.17) is 23.2 Å². The Morgan fingerprint density at radius 3 is 1.70 bits per heavy atom. The van der Waals surface area contributed by atoms with Crippen LogP contribution in [0.1, 0.15) is 28.8 Å². The van der Waals surface area contributed by atoms with Crippen LogP contribution < -0.4 is 4.90 Å². The molecule has 3 rings (SSSR count). The fourth-order valence-electron chi connectivity index (χ4n) is 2.63. The number of rotatable bonds is 0. The number of amides is 1. The summed E-state index contributed by atoms with van der Waals surface area (Å²) in [5.74, 6) is -0.0560. The van der Waals surface area contributed by atoms with E-state index in [9.17, 15) is 4.79 Å². The average molecular weight is 306 g/mol. The Morgan fingerprint density at radius 2 is 1.30 bits per heavy atom. The van der Waals surface area contributed by atoms with Crippen molar-refractivity contribution in [1.29, 1.82) is 0 Å². The second-order valence-electron chi connectivity index (χ2n) is 4.78. The van der Waals surface area contributed by atoms with Crippen LogP contribution in [-0.2, 0) is 4.79 Å². The quantitative estimate of drug-likeness (QED) is 0.631. The molecule has 20 heavy (non-hydrogen) atoms. The van der Waals surface area contributed by atoms with Crippen molar-refractivity contribution in [3.8, 4) is 0 Å². The van der Waals surface area contributed by atoms with Gasteiger partial charge in [0, 0.05) is 6.92 Å². The van der Waals surface area contributed by atoms with E-state index in [2.05, 4.69) is 0 Å². The molecule has 2 aromatic carbocycles. The molecule has 2 unspecified atom stereocenters. The number of halogens is 2. The molecule has 0 N–H and O–H groups in total. The second kappa shape index (κ2) is 5.12. The first kappa shape index (κ1) is 13.5. The highest BCUT2D eigenvalue weighted by Gasteiger charge is 2.33. The predicted molar refractivity (Wildman–Crippen MR) is 82.9 cm³/mol. The standard InChI is InChI=1S/C16H13Cl2NO/c1-10(20)19-13-8-4-2-6-11(13)15(17)16(18)12-7-3-5-9-14(12)19/h2-9,15-16H,1H3. The second-order valence-corrected chi connectivity index (χ2v) is 5.72. The summed E-state index contributed by atoms with van der Waals surface area (Å²) in [6.45, 7) is 1.55. The third-order valence-corrected chi connectivity index (χ3v) is 4.62. The minimum atomic E-state index is -0.377. The molecule has 0 aliphatic carbocycles. The van der Waals surface area contributed by atoms with E-state index in [-0.39, 0.29) is 16.7 Å². The van der Waals surface area contributed by atoms with E-state index < -0.39 is 0 Å². The summed E-state index contributed by atoms with van der Waals surface area (Å²) < 4.78 is 0. The number of fused-ring (bicyclic) bond motifs is 2. The van der Waals surface area contributed by atoms with Gasteiger partial charge in [-0.15, -0.1) is 23.2 Å². The van der Waals surface area contributed by atoms with Gasteiger partial charge < -0.3 is 0 Å². The van der Waals surface area contributed by atoms with Gasteiger partial charge in [-0.05, 0) is 23.3 Å². The normalized spacial score (nSPS) is 20.9. The number of carbonyl (C=O) groups is 1. The Labute approximate surface area is 127 Å². The lowest BCUT2D eigenvalue weighted by molar-refractivity contribution is -0.115. The number of carbonyl (C=O) groups excluding carboxylic acids is 1. The SMILES string of the molecule is CC(=O)N1c2ccccc2C(Cl)C(Cl)c2ccccc21. The van der Waals surface area contributed by atoms with Crippen molar-refractivity contribution >= 4 is 40.5 Å². The van der Waals surface area contributed by atoms with Gasteiger partial charge in [-0.1, -0.05) is 36.4 Å². The maximum absolute atomic E-state index is 12.1. The summed E-state index contributed by atoms with van der Waals surface area (Å²) in [7, 11) is 0. The molecule has 0 saturated heterocycles. The van der Waals surface area contributed by atoms with E-state index in [1.165, 1.54) is 0 Å². The number of hydrogen-bond donors (Lipinski definition) is 0. The summed E-state index contributed by atoms with van der Waals surface area (Å²) in [6.07, 6.45) is 0. The molecule has 2 aromatic rings. The van der Waals surface area contributed by atoms with Crippen LogP contribution in [0.3, 0.4) is 0 Å². The molecule has 2 atom stereocenters. The maximum Gasteiger partial charge on any atom is 0.228 e. The van der Waals surface area contributed by atoms with E-state index in [0.717, 1.165) is 22.5 Å². The fraction of sp³-hybridized carbons (Fsp3) is 0.188. The molecule has 1 heterocycles. The van der Waals surface area contributed by atoms with Crippen molar-refractivity contribution in [2.45, 2.75) is 17.7 Å². The van der Waals surface area contributed by atoms with Gasteiger partial charge in [0.1, 0.15) is 0 Å². The van der Waals surface area contributed by atoms with Crippen LogP contribution in [0.15, 0.2) is 48.5 Å². The Kier molecular flexibility index (Phi) is 3.45. The van der Waals surface area contributed by atoms with Crippen molar-refractivity contribution in [3.05, 3.63) is 59.7 Å². The zero-order valence-electron chi connectivity index (χ0n) is 10.9. The first-order valence-corrected chi connectivity index (χ1v) is 7.25. The lowest BCUT2D eigenvalue weighted by atomic mass is 10.0. The lowest BCUT2D eigenvalue weighted by Crippen LogP contribution is -2.23.